The van der Waals surface area contributed by atoms with Gasteiger partial charge in [-0.25, -0.2) is 13.9 Å². The lowest BCUT2D eigenvalue weighted by Crippen LogP contribution is -2.49. The lowest BCUT2D eigenvalue weighted by atomic mass is 9.97. The minimum Gasteiger partial charge on any atom is -0.469 e. The van der Waals surface area contributed by atoms with Gasteiger partial charge in [-0.2, -0.15) is 0 Å². The molecule has 5 rings (SSSR count). The molecular weight excluding hydrogens is 439 g/mol. The summed E-state index contributed by atoms with van der Waals surface area (Å²) in [5.74, 6) is -1.10. The van der Waals surface area contributed by atoms with Crippen LogP contribution in [0.5, 0.6) is 0 Å². The van der Waals surface area contributed by atoms with E-state index >= 15 is 0 Å². The minimum absolute atomic E-state index is 0.0611. The average Bonchev–Trinajstić information content (AvgIpc) is 3.28. The highest BCUT2D eigenvalue weighted by Crippen LogP contribution is 2.38. The van der Waals surface area contributed by atoms with Crippen LogP contribution in [0.15, 0.2) is 53.5 Å². The molecule has 0 N–H and O–H groups in total. The highest BCUT2D eigenvalue weighted by molar-refractivity contribution is 5.72. The third-order valence-electron chi connectivity index (χ3n) is 7.12. The molecule has 2 aliphatic heterocycles. The van der Waals surface area contributed by atoms with E-state index in [1.54, 1.807) is 30.5 Å². The summed E-state index contributed by atoms with van der Waals surface area (Å²) in [6, 6.07) is 12.6. The van der Waals surface area contributed by atoms with Crippen molar-refractivity contribution in [2.45, 2.75) is 57.0 Å². The third-order valence-corrected chi connectivity index (χ3v) is 7.12. The number of hydrogen-bond acceptors (Lipinski definition) is 6. The number of halogens is 1. The van der Waals surface area contributed by atoms with Crippen LogP contribution in [0.4, 0.5) is 4.39 Å². The predicted octanol–water partition coefficient (Wildman–Crippen LogP) is 2.64. The van der Waals surface area contributed by atoms with Crippen molar-refractivity contribution in [1.82, 2.24) is 19.1 Å². The second-order valence-electron chi connectivity index (χ2n) is 9.19. The van der Waals surface area contributed by atoms with Gasteiger partial charge >= 0.3 is 11.7 Å². The van der Waals surface area contributed by atoms with Crippen molar-refractivity contribution in [3.8, 4) is 0 Å². The highest BCUT2D eigenvalue weighted by Gasteiger charge is 2.43. The van der Waals surface area contributed by atoms with Crippen LogP contribution in [0.3, 0.4) is 0 Å². The van der Waals surface area contributed by atoms with Gasteiger partial charge in [-0.05, 0) is 43.9 Å². The quantitative estimate of drug-likeness (QED) is 0.473. The van der Waals surface area contributed by atoms with Crippen molar-refractivity contribution < 1.29 is 18.7 Å². The molecule has 8 nitrogen and oxygen atoms in total. The van der Waals surface area contributed by atoms with Gasteiger partial charge < -0.3 is 9.47 Å². The number of pyridine rings is 1. The van der Waals surface area contributed by atoms with E-state index in [0.29, 0.717) is 17.8 Å². The first-order chi connectivity index (χ1) is 16.5. The molecule has 3 unspecified atom stereocenters. The number of nitrogens with zero attached hydrogens (tertiary/aromatic N) is 4. The minimum atomic E-state index is -0.508. The Morgan fingerprint density at radius 1 is 1.12 bits per heavy atom. The number of esters is 1. The summed E-state index contributed by atoms with van der Waals surface area (Å²) in [6.07, 6.45) is 5.48. The summed E-state index contributed by atoms with van der Waals surface area (Å²) in [4.78, 5) is 27.7. The molecule has 2 saturated heterocycles. The van der Waals surface area contributed by atoms with Crippen LogP contribution in [0.25, 0.3) is 5.65 Å². The summed E-state index contributed by atoms with van der Waals surface area (Å²) in [7, 11) is 1.37. The Labute approximate surface area is 196 Å². The van der Waals surface area contributed by atoms with Gasteiger partial charge in [-0.15, -0.1) is 5.10 Å². The van der Waals surface area contributed by atoms with Gasteiger partial charge in [0.05, 0.1) is 32.3 Å². The van der Waals surface area contributed by atoms with Crippen molar-refractivity contribution in [1.29, 1.82) is 0 Å². The molecule has 0 amide bonds. The summed E-state index contributed by atoms with van der Waals surface area (Å²) in [5.41, 5.74) is 0.845. The summed E-state index contributed by atoms with van der Waals surface area (Å²) < 4.78 is 27.9. The van der Waals surface area contributed by atoms with Gasteiger partial charge in [0.2, 0.25) is 0 Å². The van der Waals surface area contributed by atoms with Crippen LogP contribution in [-0.4, -0.2) is 56.9 Å². The molecule has 3 aromatic rings. The van der Waals surface area contributed by atoms with E-state index in [1.807, 2.05) is 12.1 Å². The Bertz CT molecular complexity index is 1210. The predicted molar refractivity (Wildman–Crippen MR) is 123 cm³/mol. The average molecular weight is 469 g/mol. The fourth-order valence-electron chi connectivity index (χ4n) is 5.41. The normalized spacial score (nSPS) is 23.3. The number of aromatic nitrogens is 3. The third kappa shape index (κ3) is 4.50. The van der Waals surface area contributed by atoms with E-state index in [-0.39, 0.29) is 48.8 Å². The zero-order valence-corrected chi connectivity index (χ0v) is 19.2. The lowest BCUT2D eigenvalue weighted by molar-refractivity contribution is -0.147. The van der Waals surface area contributed by atoms with Crippen LogP contribution >= 0.6 is 0 Å². The molecule has 1 aromatic carbocycles. The van der Waals surface area contributed by atoms with Crippen LogP contribution in [0.1, 0.15) is 31.2 Å². The van der Waals surface area contributed by atoms with Gasteiger partial charge in [0.25, 0.3) is 0 Å². The Kier molecular flexibility index (Phi) is 6.47. The number of rotatable bonds is 8. The molecule has 0 spiro atoms. The highest BCUT2D eigenvalue weighted by atomic mass is 19.1. The van der Waals surface area contributed by atoms with E-state index in [1.165, 1.54) is 22.3 Å². The first-order valence-electron chi connectivity index (χ1n) is 11.8. The zero-order chi connectivity index (χ0) is 23.7. The molecule has 2 aliphatic rings. The molecule has 3 atom stereocenters. The van der Waals surface area contributed by atoms with E-state index in [2.05, 4.69) is 10.00 Å². The van der Waals surface area contributed by atoms with Crippen molar-refractivity contribution in [3.05, 3.63) is 70.5 Å². The van der Waals surface area contributed by atoms with Crippen LogP contribution < -0.4 is 5.69 Å². The van der Waals surface area contributed by atoms with Crippen LogP contribution in [-0.2, 0) is 27.4 Å². The monoisotopic (exact) mass is 468 g/mol. The Balaban J connectivity index is 1.25. The second kappa shape index (κ2) is 9.68. The maximum atomic E-state index is 13.9. The van der Waals surface area contributed by atoms with Gasteiger partial charge in [0.1, 0.15) is 5.82 Å². The number of methoxy groups -OCH3 is 1. The van der Waals surface area contributed by atoms with Gasteiger partial charge in [-0.1, -0.05) is 24.3 Å². The standard InChI is InChI=1S/C25H29FN4O4/c1-33-24(31)18(15-30-25(32)28-11-5-4-8-23(28)27-30)14-29-19-9-10-20(29)13-21(12-19)34-16-17-6-2-3-7-22(17)26/h2-8,11,18-21H,9-10,12-16H2,1H3. The molecule has 2 aromatic heterocycles. The number of hydrogen-bond donors (Lipinski definition) is 0. The molecule has 34 heavy (non-hydrogen) atoms. The summed E-state index contributed by atoms with van der Waals surface area (Å²) in [6.45, 7) is 0.928. The molecule has 2 fully saturated rings. The number of carbonyl (C=O) groups excluding carboxylic acids is 1. The maximum Gasteiger partial charge on any atom is 0.350 e. The van der Waals surface area contributed by atoms with Crippen molar-refractivity contribution >= 4 is 11.6 Å². The molecule has 0 aliphatic carbocycles. The number of benzene rings is 1. The van der Waals surface area contributed by atoms with Crippen molar-refractivity contribution in [3.63, 3.8) is 0 Å². The molecule has 2 bridgehead atoms. The van der Waals surface area contributed by atoms with Crippen LogP contribution in [0, 0.1) is 11.7 Å². The number of fused-ring (bicyclic) bond motifs is 3. The van der Waals surface area contributed by atoms with E-state index < -0.39 is 5.92 Å². The molecular formula is C25H29FN4O4. The molecule has 0 radical (unpaired) electrons. The fourth-order valence-corrected chi connectivity index (χ4v) is 5.41. The molecule has 4 heterocycles. The summed E-state index contributed by atoms with van der Waals surface area (Å²) >= 11 is 0. The van der Waals surface area contributed by atoms with Crippen LogP contribution in [0.2, 0.25) is 0 Å². The Morgan fingerprint density at radius 2 is 1.85 bits per heavy atom. The SMILES string of the molecule is COC(=O)C(CN1C2CCC1CC(OCc1ccccc1F)C2)Cn1nc2ccccn2c1=O. The molecule has 0 saturated carbocycles. The Morgan fingerprint density at radius 3 is 2.56 bits per heavy atom. The number of carbonyl (C=O) groups is 1. The van der Waals surface area contributed by atoms with Crippen molar-refractivity contribution in [2.24, 2.45) is 5.92 Å². The number of ether oxygens (including phenoxy) is 2. The first kappa shape index (κ1) is 22.7. The van der Waals surface area contributed by atoms with E-state index in [0.717, 1.165) is 25.7 Å². The number of piperidine rings is 1. The van der Waals surface area contributed by atoms with E-state index in [9.17, 15) is 14.0 Å². The van der Waals surface area contributed by atoms with Crippen molar-refractivity contribution in [2.75, 3.05) is 13.7 Å². The van der Waals surface area contributed by atoms with E-state index in [4.69, 9.17) is 9.47 Å². The van der Waals surface area contributed by atoms with Gasteiger partial charge in [-0.3, -0.25) is 14.1 Å². The first-order valence-corrected chi connectivity index (χ1v) is 11.8. The van der Waals surface area contributed by atoms with Gasteiger partial charge in [0.15, 0.2) is 5.65 Å². The summed E-state index contributed by atoms with van der Waals surface area (Å²) in [5, 5.41) is 4.38. The Hall–Kier alpha value is -3.04. The largest absolute Gasteiger partial charge is 0.469 e. The maximum absolute atomic E-state index is 13.9. The fraction of sp³-hybridized carbons (Fsp3) is 0.480. The molecule has 9 heteroatoms. The smallest absolute Gasteiger partial charge is 0.350 e. The lowest BCUT2D eigenvalue weighted by Gasteiger charge is -2.40. The van der Waals surface area contributed by atoms with Gasteiger partial charge in [0, 0.05) is 30.4 Å². The second-order valence-corrected chi connectivity index (χ2v) is 9.19. The molecule has 180 valence electrons. The zero-order valence-electron chi connectivity index (χ0n) is 19.2. The topological polar surface area (TPSA) is 78.1 Å².